The highest BCUT2D eigenvalue weighted by atomic mass is 79.9. The number of carbonyl (C=O) groups excluding carboxylic acids is 1. The normalized spacial score (nSPS) is 18.2. The van der Waals surface area contributed by atoms with Crippen LogP contribution in [0, 0.1) is 0 Å². The van der Waals surface area contributed by atoms with E-state index in [0.29, 0.717) is 6.42 Å². The summed E-state index contributed by atoms with van der Waals surface area (Å²) in [5.74, 6) is -1.13. The van der Waals surface area contributed by atoms with Crippen LogP contribution in [-0.2, 0) is 15.0 Å². The molecule has 1 aliphatic carbocycles. The van der Waals surface area contributed by atoms with Crippen molar-refractivity contribution in [1.29, 1.82) is 0 Å². The highest BCUT2D eigenvalue weighted by Crippen LogP contribution is 2.41. The van der Waals surface area contributed by atoms with Gasteiger partial charge in [-0.05, 0) is 37.0 Å². The van der Waals surface area contributed by atoms with E-state index in [1.807, 2.05) is 24.3 Å². The van der Waals surface area contributed by atoms with Gasteiger partial charge in [-0.25, -0.2) is 4.79 Å². The molecule has 0 radical (unpaired) electrons. The summed E-state index contributed by atoms with van der Waals surface area (Å²) in [6.07, 6.45) is 3.92. The Morgan fingerprint density at radius 3 is 2.33 bits per heavy atom. The van der Waals surface area contributed by atoms with Gasteiger partial charge in [-0.15, -0.1) is 0 Å². The van der Waals surface area contributed by atoms with Crippen LogP contribution in [0.5, 0.6) is 0 Å². The maximum Gasteiger partial charge on any atom is 0.326 e. The van der Waals surface area contributed by atoms with Crippen molar-refractivity contribution >= 4 is 27.8 Å². The molecule has 1 fully saturated rings. The van der Waals surface area contributed by atoms with Gasteiger partial charge in [0.25, 0.3) is 0 Å². The average Bonchev–Trinajstić information content (AvgIpc) is 2.95. The second-order valence-electron chi connectivity index (χ2n) is 5.57. The molecule has 0 spiro atoms. The lowest BCUT2D eigenvalue weighted by Crippen LogP contribution is -2.49. The van der Waals surface area contributed by atoms with Gasteiger partial charge in [0.15, 0.2) is 0 Å². The molecule has 0 aromatic heterocycles. The third-order valence-electron chi connectivity index (χ3n) is 4.30. The van der Waals surface area contributed by atoms with Crippen molar-refractivity contribution in [1.82, 2.24) is 5.32 Å². The number of hydrogen-bond acceptors (Lipinski definition) is 2. The number of halogens is 1. The highest BCUT2D eigenvalue weighted by Gasteiger charge is 2.43. The number of nitrogens with one attached hydrogen (secondary N) is 1. The predicted octanol–water partition coefficient (Wildman–Crippen LogP) is 3.24. The van der Waals surface area contributed by atoms with Crippen LogP contribution in [0.25, 0.3) is 0 Å². The van der Waals surface area contributed by atoms with Gasteiger partial charge in [0.2, 0.25) is 5.91 Å². The quantitative estimate of drug-likeness (QED) is 0.853. The summed E-state index contributed by atoms with van der Waals surface area (Å²) in [7, 11) is 0. The molecular weight excluding hydrogens is 334 g/mol. The summed E-state index contributed by atoms with van der Waals surface area (Å²) in [5.41, 5.74) is 0.393. The second kappa shape index (κ2) is 6.60. The minimum atomic E-state index is -0.977. The van der Waals surface area contributed by atoms with E-state index >= 15 is 0 Å². The molecule has 21 heavy (non-hydrogen) atoms. The van der Waals surface area contributed by atoms with E-state index in [0.717, 1.165) is 35.7 Å². The van der Waals surface area contributed by atoms with Gasteiger partial charge >= 0.3 is 5.97 Å². The number of benzene rings is 1. The third-order valence-corrected chi connectivity index (χ3v) is 4.83. The number of carboxylic acids is 1. The Labute approximate surface area is 133 Å². The van der Waals surface area contributed by atoms with Crippen molar-refractivity contribution in [2.45, 2.75) is 50.5 Å². The molecule has 1 unspecified atom stereocenters. The Morgan fingerprint density at radius 1 is 1.29 bits per heavy atom. The van der Waals surface area contributed by atoms with Crippen LogP contribution in [0.15, 0.2) is 28.7 Å². The van der Waals surface area contributed by atoms with E-state index in [2.05, 4.69) is 21.2 Å². The van der Waals surface area contributed by atoms with Gasteiger partial charge in [0, 0.05) is 4.47 Å². The first-order valence-corrected chi connectivity index (χ1v) is 8.09. The molecule has 1 saturated carbocycles. The van der Waals surface area contributed by atoms with E-state index in [1.165, 1.54) is 0 Å². The minimum Gasteiger partial charge on any atom is -0.480 e. The van der Waals surface area contributed by atoms with Crippen LogP contribution in [0.1, 0.15) is 44.6 Å². The molecule has 0 heterocycles. The Hall–Kier alpha value is -1.36. The Morgan fingerprint density at radius 2 is 1.86 bits per heavy atom. The zero-order valence-electron chi connectivity index (χ0n) is 12.1. The lowest BCUT2D eigenvalue weighted by molar-refractivity contribution is -0.142. The molecule has 1 aromatic carbocycles. The summed E-state index contributed by atoms with van der Waals surface area (Å²) in [4.78, 5) is 23.9. The molecule has 114 valence electrons. The van der Waals surface area contributed by atoms with E-state index in [-0.39, 0.29) is 5.91 Å². The van der Waals surface area contributed by atoms with Gasteiger partial charge in [0.1, 0.15) is 6.04 Å². The third kappa shape index (κ3) is 3.28. The molecule has 1 amide bonds. The van der Waals surface area contributed by atoms with Crippen LogP contribution in [0.2, 0.25) is 0 Å². The van der Waals surface area contributed by atoms with Crippen molar-refractivity contribution in [3.8, 4) is 0 Å². The fourth-order valence-corrected chi connectivity index (χ4v) is 3.29. The zero-order chi connectivity index (χ0) is 15.5. The number of aliphatic carboxylic acids is 1. The first kappa shape index (κ1) is 16.0. The maximum atomic E-state index is 12.7. The van der Waals surface area contributed by atoms with Gasteiger partial charge in [-0.2, -0.15) is 0 Å². The van der Waals surface area contributed by atoms with Gasteiger partial charge in [-0.1, -0.05) is 47.8 Å². The van der Waals surface area contributed by atoms with Crippen LogP contribution >= 0.6 is 15.9 Å². The highest BCUT2D eigenvalue weighted by molar-refractivity contribution is 9.10. The van der Waals surface area contributed by atoms with Crippen molar-refractivity contribution in [2.75, 3.05) is 0 Å². The van der Waals surface area contributed by atoms with Crippen LogP contribution < -0.4 is 5.32 Å². The Balaban J connectivity index is 2.27. The molecule has 0 aliphatic heterocycles. The van der Waals surface area contributed by atoms with Gasteiger partial charge in [0.05, 0.1) is 5.41 Å². The van der Waals surface area contributed by atoms with E-state index in [4.69, 9.17) is 5.11 Å². The number of carbonyl (C=O) groups is 2. The monoisotopic (exact) mass is 353 g/mol. The van der Waals surface area contributed by atoms with Gasteiger partial charge < -0.3 is 10.4 Å². The fraction of sp³-hybridized carbons (Fsp3) is 0.500. The molecule has 1 aliphatic rings. The summed E-state index contributed by atoms with van der Waals surface area (Å²) in [6.45, 7) is 1.76. The predicted molar refractivity (Wildman–Crippen MR) is 84.1 cm³/mol. The lowest BCUT2D eigenvalue weighted by Gasteiger charge is -2.29. The standard InChI is InChI=1S/C16H20BrNO3/c1-2-13(14(19)20)18-15(21)16(9-3-4-10-16)11-5-7-12(17)8-6-11/h5-8,13H,2-4,9-10H2,1H3,(H,18,21)(H,19,20). The van der Waals surface area contributed by atoms with Crippen molar-refractivity contribution in [2.24, 2.45) is 0 Å². The molecule has 0 bridgehead atoms. The molecule has 5 heteroatoms. The molecular formula is C16H20BrNO3. The minimum absolute atomic E-state index is 0.156. The van der Waals surface area contributed by atoms with Crippen molar-refractivity contribution in [3.63, 3.8) is 0 Å². The summed E-state index contributed by atoms with van der Waals surface area (Å²) in [5, 5.41) is 11.8. The van der Waals surface area contributed by atoms with Crippen molar-refractivity contribution in [3.05, 3.63) is 34.3 Å². The van der Waals surface area contributed by atoms with E-state index in [1.54, 1.807) is 6.92 Å². The topological polar surface area (TPSA) is 66.4 Å². The lowest BCUT2D eigenvalue weighted by atomic mass is 9.78. The Kier molecular flexibility index (Phi) is 5.04. The van der Waals surface area contributed by atoms with E-state index < -0.39 is 17.4 Å². The first-order chi connectivity index (χ1) is 9.99. The van der Waals surface area contributed by atoms with Crippen molar-refractivity contribution < 1.29 is 14.7 Å². The molecule has 0 saturated heterocycles. The van der Waals surface area contributed by atoms with Gasteiger partial charge in [-0.3, -0.25) is 4.79 Å². The number of amides is 1. The molecule has 1 atom stereocenters. The maximum absolute atomic E-state index is 12.7. The van der Waals surface area contributed by atoms with Crippen LogP contribution in [-0.4, -0.2) is 23.0 Å². The Bertz CT molecular complexity index is 521. The van der Waals surface area contributed by atoms with Crippen LogP contribution in [0.4, 0.5) is 0 Å². The number of carboxylic acid groups (broad SMARTS) is 1. The SMILES string of the molecule is CCC(NC(=O)C1(c2ccc(Br)cc2)CCCC1)C(=O)O. The molecule has 1 aromatic rings. The smallest absolute Gasteiger partial charge is 0.326 e. The summed E-state index contributed by atoms with van der Waals surface area (Å²) < 4.78 is 0.969. The number of rotatable bonds is 5. The second-order valence-corrected chi connectivity index (χ2v) is 6.48. The summed E-state index contributed by atoms with van der Waals surface area (Å²) in [6, 6.07) is 6.95. The number of hydrogen-bond donors (Lipinski definition) is 2. The molecule has 2 N–H and O–H groups in total. The van der Waals surface area contributed by atoms with E-state index in [9.17, 15) is 9.59 Å². The largest absolute Gasteiger partial charge is 0.480 e. The summed E-state index contributed by atoms with van der Waals surface area (Å²) >= 11 is 3.40. The molecule has 2 rings (SSSR count). The fourth-order valence-electron chi connectivity index (χ4n) is 3.03. The van der Waals surface area contributed by atoms with Crippen LogP contribution in [0.3, 0.4) is 0 Å². The first-order valence-electron chi connectivity index (χ1n) is 7.29. The average molecular weight is 354 g/mol. The zero-order valence-corrected chi connectivity index (χ0v) is 13.6. The molecule has 4 nitrogen and oxygen atoms in total.